The fraction of sp³-hybridized carbons (Fsp3) is 0.600. The summed E-state index contributed by atoms with van der Waals surface area (Å²) in [6.07, 6.45) is 3.85. The fourth-order valence-electron chi connectivity index (χ4n) is 2.66. The van der Waals surface area contributed by atoms with Gasteiger partial charge in [-0.1, -0.05) is 13.3 Å². The van der Waals surface area contributed by atoms with Crippen LogP contribution in [-0.2, 0) is 6.61 Å². The lowest BCUT2D eigenvalue weighted by Crippen LogP contribution is -2.21. The summed E-state index contributed by atoms with van der Waals surface area (Å²) < 4.78 is 5.49. The van der Waals surface area contributed by atoms with Crippen molar-refractivity contribution in [1.29, 1.82) is 0 Å². The third-order valence-corrected chi connectivity index (χ3v) is 3.74. The number of benzene rings is 1. The van der Waals surface area contributed by atoms with Gasteiger partial charge in [-0.2, -0.15) is 0 Å². The van der Waals surface area contributed by atoms with Crippen LogP contribution in [0.1, 0.15) is 38.7 Å². The number of nitrogens with one attached hydrogen (secondary N) is 1. The molecule has 1 aliphatic carbocycles. The molecule has 1 saturated carbocycles. The summed E-state index contributed by atoms with van der Waals surface area (Å²) in [5, 5.41) is 12.9. The molecule has 1 aromatic rings. The zero-order valence-electron chi connectivity index (χ0n) is 11.3. The second-order valence-corrected chi connectivity index (χ2v) is 5.07. The van der Waals surface area contributed by atoms with Gasteiger partial charge < -0.3 is 15.2 Å². The van der Waals surface area contributed by atoms with E-state index in [9.17, 15) is 5.11 Å². The molecule has 2 atom stereocenters. The van der Waals surface area contributed by atoms with E-state index in [1.807, 2.05) is 25.1 Å². The second-order valence-electron chi connectivity index (χ2n) is 5.07. The third kappa shape index (κ3) is 2.96. The van der Waals surface area contributed by atoms with Crippen LogP contribution in [0.4, 0.5) is 5.69 Å². The summed E-state index contributed by atoms with van der Waals surface area (Å²) in [6.45, 7) is 4.89. The SMILES string of the molecule is CCOc1ccc(NC2CCCC2C)cc1CO. The summed E-state index contributed by atoms with van der Waals surface area (Å²) in [5.74, 6) is 1.51. The molecule has 0 bridgehead atoms. The number of hydrogen-bond donors (Lipinski definition) is 2. The first-order valence-corrected chi connectivity index (χ1v) is 6.87. The van der Waals surface area contributed by atoms with Gasteiger partial charge in [0.1, 0.15) is 5.75 Å². The van der Waals surface area contributed by atoms with E-state index >= 15 is 0 Å². The number of aliphatic hydroxyl groups is 1. The van der Waals surface area contributed by atoms with Crippen LogP contribution in [0.2, 0.25) is 0 Å². The van der Waals surface area contributed by atoms with E-state index in [-0.39, 0.29) is 6.61 Å². The Balaban J connectivity index is 2.09. The monoisotopic (exact) mass is 249 g/mol. The molecule has 0 heterocycles. The number of rotatable bonds is 5. The van der Waals surface area contributed by atoms with Crippen LogP contribution in [0.25, 0.3) is 0 Å². The van der Waals surface area contributed by atoms with Crippen LogP contribution in [0, 0.1) is 5.92 Å². The van der Waals surface area contributed by atoms with Gasteiger partial charge in [0.25, 0.3) is 0 Å². The van der Waals surface area contributed by atoms with Crippen LogP contribution >= 0.6 is 0 Å². The predicted octanol–water partition coefficient (Wildman–Crippen LogP) is 3.18. The minimum atomic E-state index is 0.0189. The lowest BCUT2D eigenvalue weighted by molar-refractivity contribution is 0.267. The largest absolute Gasteiger partial charge is 0.494 e. The number of aliphatic hydroxyl groups excluding tert-OH is 1. The second kappa shape index (κ2) is 6.10. The molecule has 18 heavy (non-hydrogen) atoms. The van der Waals surface area contributed by atoms with E-state index in [0.717, 1.165) is 22.9 Å². The van der Waals surface area contributed by atoms with Gasteiger partial charge in [0.2, 0.25) is 0 Å². The standard InChI is InChI=1S/C15H23NO2/c1-3-18-15-8-7-13(9-12(15)10-17)16-14-6-4-5-11(14)2/h7-9,11,14,16-17H,3-6,10H2,1-2H3. The molecule has 2 rings (SSSR count). The molecule has 1 fully saturated rings. The number of hydrogen-bond acceptors (Lipinski definition) is 3. The van der Waals surface area contributed by atoms with Crippen molar-refractivity contribution >= 4 is 5.69 Å². The van der Waals surface area contributed by atoms with Crippen LogP contribution in [0.15, 0.2) is 18.2 Å². The van der Waals surface area contributed by atoms with Gasteiger partial charge in [-0.15, -0.1) is 0 Å². The van der Waals surface area contributed by atoms with Crippen molar-refractivity contribution in [3.63, 3.8) is 0 Å². The van der Waals surface area contributed by atoms with Gasteiger partial charge in [0.15, 0.2) is 0 Å². The number of anilines is 1. The first kappa shape index (κ1) is 13.2. The van der Waals surface area contributed by atoms with Gasteiger partial charge in [-0.3, -0.25) is 0 Å². The lowest BCUT2D eigenvalue weighted by atomic mass is 10.1. The van der Waals surface area contributed by atoms with E-state index in [1.165, 1.54) is 19.3 Å². The zero-order valence-corrected chi connectivity index (χ0v) is 11.3. The minimum Gasteiger partial charge on any atom is -0.494 e. The summed E-state index contributed by atoms with van der Waals surface area (Å²) in [7, 11) is 0. The topological polar surface area (TPSA) is 41.5 Å². The van der Waals surface area contributed by atoms with Crippen LogP contribution < -0.4 is 10.1 Å². The summed E-state index contributed by atoms with van der Waals surface area (Å²) >= 11 is 0. The first-order valence-electron chi connectivity index (χ1n) is 6.87. The Bertz CT molecular complexity index is 392. The average molecular weight is 249 g/mol. The van der Waals surface area contributed by atoms with Crippen LogP contribution in [0.3, 0.4) is 0 Å². The molecule has 100 valence electrons. The Morgan fingerprint density at radius 1 is 1.39 bits per heavy atom. The highest BCUT2D eigenvalue weighted by Gasteiger charge is 2.23. The van der Waals surface area contributed by atoms with E-state index < -0.39 is 0 Å². The van der Waals surface area contributed by atoms with Crippen molar-refractivity contribution in [2.24, 2.45) is 5.92 Å². The highest BCUT2D eigenvalue weighted by molar-refractivity contribution is 5.51. The van der Waals surface area contributed by atoms with Crippen molar-refractivity contribution in [2.75, 3.05) is 11.9 Å². The first-order chi connectivity index (χ1) is 8.74. The number of ether oxygens (including phenoxy) is 1. The van der Waals surface area contributed by atoms with Crippen molar-refractivity contribution in [1.82, 2.24) is 0 Å². The Morgan fingerprint density at radius 3 is 2.83 bits per heavy atom. The lowest BCUT2D eigenvalue weighted by Gasteiger charge is -2.20. The van der Waals surface area contributed by atoms with Gasteiger partial charge in [-0.25, -0.2) is 0 Å². The molecule has 2 unspecified atom stereocenters. The molecule has 0 saturated heterocycles. The fourth-order valence-corrected chi connectivity index (χ4v) is 2.66. The molecule has 2 N–H and O–H groups in total. The maximum absolute atomic E-state index is 9.37. The van der Waals surface area contributed by atoms with E-state index in [0.29, 0.717) is 12.6 Å². The van der Waals surface area contributed by atoms with Gasteiger partial charge in [-0.05, 0) is 43.9 Å². The van der Waals surface area contributed by atoms with Crippen LogP contribution in [0.5, 0.6) is 5.75 Å². The Morgan fingerprint density at radius 2 is 2.22 bits per heavy atom. The van der Waals surface area contributed by atoms with Crippen molar-refractivity contribution in [3.8, 4) is 5.75 Å². The molecule has 3 heteroatoms. The summed E-state index contributed by atoms with van der Waals surface area (Å²) in [6, 6.07) is 6.54. The average Bonchev–Trinajstić information content (AvgIpc) is 2.77. The summed E-state index contributed by atoms with van der Waals surface area (Å²) in [4.78, 5) is 0. The van der Waals surface area contributed by atoms with Gasteiger partial charge >= 0.3 is 0 Å². The minimum absolute atomic E-state index is 0.0189. The highest BCUT2D eigenvalue weighted by Crippen LogP contribution is 2.30. The summed E-state index contributed by atoms with van der Waals surface area (Å²) in [5.41, 5.74) is 1.94. The molecule has 0 aliphatic heterocycles. The molecule has 1 aliphatic rings. The van der Waals surface area contributed by atoms with Gasteiger partial charge in [0.05, 0.1) is 13.2 Å². The van der Waals surface area contributed by atoms with E-state index in [4.69, 9.17) is 4.74 Å². The predicted molar refractivity (Wildman–Crippen MR) is 74.0 cm³/mol. The van der Waals surface area contributed by atoms with E-state index in [2.05, 4.69) is 12.2 Å². The third-order valence-electron chi connectivity index (χ3n) is 3.74. The maximum Gasteiger partial charge on any atom is 0.124 e. The van der Waals surface area contributed by atoms with E-state index in [1.54, 1.807) is 0 Å². The Hall–Kier alpha value is -1.22. The zero-order chi connectivity index (χ0) is 13.0. The molecule has 0 amide bonds. The van der Waals surface area contributed by atoms with Gasteiger partial charge in [0, 0.05) is 17.3 Å². The normalized spacial score (nSPS) is 23.1. The Labute approximate surface area is 109 Å². The Kier molecular flexibility index (Phi) is 4.48. The molecule has 0 radical (unpaired) electrons. The molecule has 3 nitrogen and oxygen atoms in total. The highest BCUT2D eigenvalue weighted by atomic mass is 16.5. The van der Waals surface area contributed by atoms with Crippen LogP contribution in [-0.4, -0.2) is 17.8 Å². The smallest absolute Gasteiger partial charge is 0.124 e. The molecule has 1 aromatic carbocycles. The van der Waals surface area contributed by atoms with Crippen molar-refractivity contribution < 1.29 is 9.84 Å². The van der Waals surface area contributed by atoms with Crippen molar-refractivity contribution in [2.45, 2.75) is 45.8 Å². The maximum atomic E-state index is 9.37. The quantitative estimate of drug-likeness (QED) is 0.842. The molecular formula is C15H23NO2. The molecule has 0 aromatic heterocycles. The van der Waals surface area contributed by atoms with Crippen molar-refractivity contribution in [3.05, 3.63) is 23.8 Å². The molecule has 0 spiro atoms. The molecular weight excluding hydrogens is 226 g/mol.